The highest BCUT2D eigenvalue weighted by atomic mass is 16.1. The SMILES string of the molecule is CCCCCC1=NC(c2cc[nH]n2)C(=O)C=C1. The van der Waals surface area contributed by atoms with E-state index < -0.39 is 6.04 Å². The highest BCUT2D eigenvalue weighted by molar-refractivity contribution is 6.08. The molecule has 0 spiro atoms. The summed E-state index contributed by atoms with van der Waals surface area (Å²) in [4.78, 5) is 16.2. The Hall–Kier alpha value is -1.71. The first kappa shape index (κ1) is 11.8. The highest BCUT2D eigenvalue weighted by Gasteiger charge is 2.22. The van der Waals surface area contributed by atoms with Crippen LogP contribution in [0.15, 0.2) is 29.4 Å². The van der Waals surface area contributed by atoms with Crippen LogP contribution in [0.3, 0.4) is 0 Å². The Labute approximate surface area is 101 Å². The number of carbonyl (C=O) groups is 1. The van der Waals surface area contributed by atoms with Crippen LogP contribution in [0.1, 0.15) is 44.3 Å². The van der Waals surface area contributed by atoms with Gasteiger partial charge in [-0.1, -0.05) is 19.8 Å². The predicted molar refractivity (Wildman–Crippen MR) is 67.1 cm³/mol. The van der Waals surface area contributed by atoms with Crippen LogP contribution in [0.4, 0.5) is 0 Å². The van der Waals surface area contributed by atoms with Gasteiger partial charge in [-0.15, -0.1) is 0 Å². The Morgan fingerprint density at radius 1 is 1.35 bits per heavy atom. The Kier molecular flexibility index (Phi) is 3.85. The number of nitrogens with one attached hydrogen (secondary N) is 1. The van der Waals surface area contributed by atoms with Gasteiger partial charge in [0.1, 0.15) is 0 Å². The molecule has 1 aliphatic rings. The van der Waals surface area contributed by atoms with E-state index in [-0.39, 0.29) is 5.78 Å². The number of nitrogens with zero attached hydrogens (tertiary/aromatic N) is 2. The second kappa shape index (κ2) is 5.57. The fraction of sp³-hybridized carbons (Fsp3) is 0.462. The van der Waals surface area contributed by atoms with E-state index in [4.69, 9.17) is 0 Å². The van der Waals surface area contributed by atoms with Gasteiger partial charge < -0.3 is 0 Å². The second-order valence-electron chi connectivity index (χ2n) is 4.21. The summed E-state index contributed by atoms with van der Waals surface area (Å²) < 4.78 is 0. The number of hydrogen-bond acceptors (Lipinski definition) is 3. The van der Waals surface area contributed by atoms with E-state index >= 15 is 0 Å². The number of ketones is 1. The van der Waals surface area contributed by atoms with Gasteiger partial charge in [0.05, 0.1) is 5.69 Å². The molecule has 0 fully saturated rings. The summed E-state index contributed by atoms with van der Waals surface area (Å²) >= 11 is 0. The summed E-state index contributed by atoms with van der Waals surface area (Å²) in [6, 6.07) is 1.36. The summed E-state index contributed by atoms with van der Waals surface area (Å²) in [6.45, 7) is 2.18. The van der Waals surface area contributed by atoms with Gasteiger partial charge in [-0.2, -0.15) is 5.10 Å². The summed E-state index contributed by atoms with van der Waals surface area (Å²) in [5.74, 6) is 0.0105. The van der Waals surface area contributed by atoms with Crippen LogP contribution in [-0.2, 0) is 4.79 Å². The van der Waals surface area contributed by atoms with Crippen molar-refractivity contribution in [3.8, 4) is 0 Å². The van der Waals surface area contributed by atoms with Crippen LogP contribution in [0.2, 0.25) is 0 Å². The van der Waals surface area contributed by atoms with Crippen LogP contribution < -0.4 is 0 Å². The largest absolute Gasteiger partial charge is 0.292 e. The minimum absolute atomic E-state index is 0.0105. The van der Waals surface area contributed by atoms with Crippen molar-refractivity contribution in [2.24, 2.45) is 4.99 Å². The van der Waals surface area contributed by atoms with E-state index in [0.29, 0.717) is 5.69 Å². The lowest BCUT2D eigenvalue weighted by Gasteiger charge is -2.13. The molecule has 1 aliphatic heterocycles. The second-order valence-corrected chi connectivity index (χ2v) is 4.21. The normalized spacial score (nSPS) is 19.5. The van der Waals surface area contributed by atoms with E-state index in [1.165, 1.54) is 12.8 Å². The van der Waals surface area contributed by atoms with Crippen molar-refractivity contribution in [3.05, 3.63) is 30.1 Å². The minimum Gasteiger partial charge on any atom is -0.292 e. The molecule has 4 heteroatoms. The molecule has 4 nitrogen and oxygen atoms in total. The number of dihydropyridines is 1. The molecule has 1 N–H and O–H groups in total. The molecule has 1 atom stereocenters. The van der Waals surface area contributed by atoms with Crippen molar-refractivity contribution in [2.45, 2.75) is 38.6 Å². The van der Waals surface area contributed by atoms with Gasteiger partial charge in [-0.3, -0.25) is 14.9 Å². The third kappa shape index (κ3) is 2.90. The summed E-state index contributed by atoms with van der Waals surface area (Å²) in [6.07, 6.45) is 9.63. The first-order valence-electron chi connectivity index (χ1n) is 6.09. The zero-order valence-corrected chi connectivity index (χ0v) is 10.0. The number of rotatable bonds is 5. The monoisotopic (exact) mass is 231 g/mol. The maximum Gasteiger partial charge on any atom is 0.186 e. The third-order valence-corrected chi connectivity index (χ3v) is 2.84. The van der Waals surface area contributed by atoms with E-state index in [1.54, 1.807) is 18.3 Å². The van der Waals surface area contributed by atoms with E-state index in [1.807, 2.05) is 6.08 Å². The number of unbranched alkanes of at least 4 members (excludes halogenated alkanes) is 2. The molecule has 2 rings (SSSR count). The van der Waals surface area contributed by atoms with Crippen LogP contribution in [-0.4, -0.2) is 21.7 Å². The fourth-order valence-corrected chi connectivity index (χ4v) is 1.88. The molecular formula is C13H17N3O. The van der Waals surface area contributed by atoms with Crippen molar-refractivity contribution < 1.29 is 4.79 Å². The highest BCUT2D eigenvalue weighted by Crippen LogP contribution is 2.21. The number of aliphatic imine (C=N–C) groups is 1. The molecule has 1 aromatic heterocycles. The molecule has 0 bridgehead atoms. The van der Waals surface area contributed by atoms with Gasteiger partial charge in [0, 0.05) is 11.9 Å². The molecular weight excluding hydrogens is 214 g/mol. The van der Waals surface area contributed by atoms with E-state index in [0.717, 1.165) is 18.6 Å². The maximum absolute atomic E-state index is 11.7. The molecule has 1 unspecified atom stereocenters. The van der Waals surface area contributed by atoms with Crippen molar-refractivity contribution >= 4 is 11.5 Å². The predicted octanol–water partition coefficient (Wildman–Crippen LogP) is 2.61. The van der Waals surface area contributed by atoms with E-state index in [2.05, 4.69) is 22.1 Å². The molecule has 0 radical (unpaired) electrons. The van der Waals surface area contributed by atoms with Gasteiger partial charge in [0.2, 0.25) is 0 Å². The topological polar surface area (TPSA) is 58.1 Å². The molecule has 0 saturated carbocycles. The lowest BCUT2D eigenvalue weighted by Crippen LogP contribution is -2.15. The summed E-state index contributed by atoms with van der Waals surface area (Å²) in [7, 11) is 0. The standard InChI is InChI=1S/C13H17N3O/c1-2-3-4-5-10-6-7-12(17)13(15-10)11-8-9-14-16-11/h6-9,13H,2-5H2,1H3,(H,14,16). The van der Waals surface area contributed by atoms with Gasteiger partial charge in [0.25, 0.3) is 0 Å². The first-order valence-corrected chi connectivity index (χ1v) is 6.09. The van der Waals surface area contributed by atoms with Crippen molar-refractivity contribution in [2.75, 3.05) is 0 Å². The summed E-state index contributed by atoms with van der Waals surface area (Å²) in [5.41, 5.74) is 1.71. The lowest BCUT2D eigenvalue weighted by molar-refractivity contribution is -0.116. The van der Waals surface area contributed by atoms with Gasteiger partial charge in [0.15, 0.2) is 11.8 Å². The van der Waals surface area contributed by atoms with Gasteiger partial charge in [-0.25, -0.2) is 0 Å². The quantitative estimate of drug-likeness (QED) is 0.792. The Morgan fingerprint density at radius 2 is 2.24 bits per heavy atom. The zero-order valence-electron chi connectivity index (χ0n) is 10.0. The Balaban J connectivity index is 2.06. The smallest absolute Gasteiger partial charge is 0.186 e. The minimum atomic E-state index is -0.442. The molecule has 2 heterocycles. The fourth-order valence-electron chi connectivity index (χ4n) is 1.88. The van der Waals surface area contributed by atoms with Crippen molar-refractivity contribution in [3.63, 3.8) is 0 Å². The van der Waals surface area contributed by atoms with Crippen LogP contribution in [0.25, 0.3) is 0 Å². The average Bonchev–Trinajstić information content (AvgIpc) is 2.85. The number of aromatic nitrogens is 2. The molecule has 90 valence electrons. The molecule has 0 aromatic carbocycles. The number of H-pyrrole nitrogens is 1. The van der Waals surface area contributed by atoms with Gasteiger partial charge >= 0.3 is 0 Å². The van der Waals surface area contributed by atoms with Gasteiger partial charge in [-0.05, 0) is 31.1 Å². The van der Waals surface area contributed by atoms with Crippen LogP contribution in [0, 0.1) is 0 Å². The van der Waals surface area contributed by atoms with Crippen LogP contribution >= 0.6 is 0 Å². The third-order valence-electron chi connectivity index (χ3n) is 2.84. The first-order chi connectivity index (χ1) is 8.31. The van der Waals surface area contributed by atoms with Crippen molar-refractivity contribution in [1.29, 1.82) is 0 Å². The molecule has 17 heavy (non-hydrogen) atoms. The molecule has 1 aromatic rings. The number of carbonyl (C=O) groups excluding carboxylic acids is 1. The number of allylic oxidation sites excluding steroid dienone is 1. The molecule has 0 saturated heterocycles. The Morgan fingerprint density at radius 3 is 2.94 bits per heavy atom. The number of hydrogen-bond donors (Lipinski definition) is 1. The number of aromatic amines is 1. The molecule has 0 aliphatic carbocycles. The summed E-state index contributed by atoms with van der Waals surface area (Å²) in [5, 5.41) is 6.75. The zero-order chi connectivity index (χ0) is 12.1. The Bertz CT molecular complexity index is 432. The maximum atomic E-state index is 11.7. The van der Waals surface area contributed by atoms with Crippen molar-refractivity contribution in [1.82, 2.24) is 10.2 Å². The lowest BCUT2D eigenvalue weighted by atomic mass is 10.0. The van der Waals surface area contributed by atoms with Crippen LogP contribution in [0.5, 0.6) is 0 Å². The molecule has 0 amide bonds. The van der Waals surface area contributed by atoms with E-state index in [9.17, 15) is 4.79 Å². The average molecular weight is 231 g/mol.